The fraction of sp³-hybridized carbons (Fsp3) is 0.292. The largest absolute Gasteiger partial charge is 0.334 e. The van der Waals surface area contributed by atoms with Crippen molar-refractivity contribution in [2.24, 2.45) is 7.05 Å². The lowest BCUT2D eigenvalue weighted by molar-refractivity contribution is 0.101. The molecule has 12 heteroatoms. The molecule has 2 heterocycles. The lowest BCUT2D eigenvalue weighted by Crippen LogP contribution is -2.48. The van der Waals surface area contributed by atoms with Crippen LogP contribution in [0, 0.1) is 5.82 Å². The van der Waals surface area contributed by atoms with E-state index < -0.39 is 22.0 Å². The van der Waals surface area contributed by atoms with Crippen LogP contribution in [0.4, 0.5) is 14.9 Å². The molecule has 1 fully saturated rings. The standard InChI is InChI=1S/C24H27FN6O4S/c1-30-13-11-19(12-14-30)27-24(33)29-36(34,35)20-9-7-18(8-10-20)26-23(32)22-15-21(28-31(22)2)16-3-5-17(25)6-4-16/h3-10,15,19H,11-14H2,1-2H3,(H,26,32)(H2,27,29,33). The zero-order valence-electron chi connectivity index (χ0n) is 19.9. The monoisotopic (exact) mass is 514 g/mol. The number of rotatable bonds is 6. The van der Waals surface area contributed by atoms with E-state index in [1.165, 1.54) is 41.1 Å². The number of benzene rings is 2. The molecule has 0 aliphatic carbocycles. The summed E-state index contributed by atoms with van der Waals surface area (Å²) in [5.74, 6) is -0.823. The number of carbonyl (C=O) groups is 2. The summed E-state index contributed by atoms with van der Waals surface area (Å²) in [6.45, 7) is 1.66. The van der Waals surface area contributed by atoms with Crippen molar-refractivity contribution in [3.63, 3.8) is 0 Å². The highest BCUT2D eigenvalue weighted by atomic mass is 32.2. The molecule has 1 saturated heterocycles. The SMILES string of the molecule is CN1CCC(NC(=O)NS(=O)(=O)c2ccc(NC(=O)c3cc(-c4ccc(F)cc4)nn3C)cc2)CC1. The number of nitrogens with zero attached hydrogens (tertiary/aromatic N) is 3. The average molecular weight is 515 g/mol. The summed E-state index contributed by atoms with van der Waals surface area (Å²) in [4.78, 5) is 27.0. The van der Waals surface area contributed by atoms with E-state index in [2.05, 4.69) is 20.6 Å². The van der Waals surface area contributed by atoms with E-state index in [1.54, 1.807) is 25.2 Å². The fourth-order valence-corrected chi connectivity index (χ4v) is 4.82. The minimum Gasteiger partial charge on any atom is -0.334 e. The number of hydrogen-bond acceptors (Lipinski definition) is 6. The maximum atomic E-state index is 13.2. The quantitative estimate of drug-likeness (QED) is 0.464. The topological polar surface area (TPSA) is 125 Å². The molecule has 0 bridgehead atoms. The van der Waals surface area contributed by atoms with Crippen LogP contribution in [0.2, 0.25) is 0 Å². The van der Waals surface area contributed by atoms with Crippen LogP contribution < -0.4 is 15.4 Å². The van der Waals surface area contributed by atoms with Crippen molar-refractivity contribution >= 4 is 27.6 Å². The van der Waals surface area contributed by atoms with Crippen LogP contribution in [-0.2, 0) is 17.1 Å². The molecular weight excluding hydrogens is 487 g/mol. The Morgan fingerprint density at radius 3 is 2.28 bits per heavy atom. The Bertz CT molecular complexity index is 1350. The predicted octanol–water partition coefficient (Wildman–Crippen LogP) is 2.56. The molecule has 10 nitrogen and oxygen atoms in total. The molecule has 0 spiro atoms. The van der Waals surface area contributed by atoms with E-state index in [1.807, 2.05) is 11.8 Å². The molecule has 4 rings (SSSR count). The number of urea groups is 1. The first-order valence-corrected chi connectivity index (χ1v) is 12.8. The molecule has 1 aliphatic heterocycles. The second-order valence-electron chi connectivity index (χ2n) is 8.68. The van der Waals surface area contributed by atoms with Gasteiger partial charge >= 0.3 is 6.03 Å². The molecule has 0 saturated carbocycles. The maximum Gasteiger partial charge on any atom is 0.328 e. The van der Waals surface area contributed by atoms with Crippen LogP contribution in [0.15, 0.2) is 59.5 Å². The fourth-order valence-electron chi connectivity index (χ4n) is 3.90. The Morgan fingerprint density at radius 2 is 1.64 bits per heavy atom. The summed E-state index contributed by atoms with van der Waals surface area (Å²) in [5.41, 5.74) is 1.79. The summed E-state index contributed by atoms with van der Waals surface area (Å²) in [5, 5.41) is 9.69. The third-order valence-corrected chi connectivity index (χ3v) is 7.30. The second kappa shape index (κ2) is 10.5. The molecule has 3 aromatic rings. The van der Waals surface area contributed by atoms with E-state index in [0.29, 0.717) is 16.9 Å². The Balaban J connectivity index is 1.37. The van der Waals surface area contributed by atoms with Crippen LogP contribution in [0.1, 0.15) is 23.3 Å². The Hall–Kier alpha value is -3.77. The zero-order valence-corrected chi connectivity index (χ0v) is 20.7. The molecule has 1 aliphatic rings. The number of hydrogen-bond donors (Lipinski definition) is 3. The van der Waals surface area contributed by atoms with Gasteiger partial charge in [-0.2, -0.15) is 5.10 Å². The number of anilines is 1. The Kier molecular flexibility index (Phi) is 7.36. The third kappa shape index (κ3) is 6.07. The van der Waals surface area contributed by atoms with Crippen LogP contribution in [0.3, 0.4) is 0 Å². The van der Waals surface area contributed by atoms with E-state index in [9.17, 15) is 22.4 Å². The number of likely N-dealkylation sites (tertiary alicyclic amines) is 1. The highest BCUT2D eigenvalue weighted by Gasteiger charge is 2.22. The molecule has 0 unspecified atom stereocenters. The number of sulfonamides is 1. The molecule has 2 aromatic carbocycles. The van der Waals surface area contributed by atoms with Crippen molar-refractivity contribution in [3.05, 3.63) is 66.1 Å². The molecule has 36 heavy (non-hydrogen) atoms. The Morgan fingerprint density at radius 1 is 1.00 bits per heavy atom. The van der Waals surface area contributed by atoms with Gasteiger partial charge in [0.1, 0.15) is 11.5 Å². The molecule has 190 valence electrons. The number of piperidine rings is 1. The molecule has 1 aromatic heterocycles. The Labute approximate surface area is 208 Å². The van der Waals surface area contributed by atoms with Crippen LogP contribution in [0.5, 0.6) is 0 Å². The number of aryl methyl sites for hydroxylation is 1. The first-order valence-electron chi connectivity index (χ1n) is 11.3. The summed E-state index contributed by atoms with van der Waals surface area (Å²) in [7, 11) is -0.476. The van der Waals surface area contributed by atoms with Crippen molar-refractivity contribution in [1.29, 1.82) is 0 Å². The van der Waals surface area contributed by atoms with E-state index in [-0.39, 0.29) is 22.4 Å². The first kappa shape index (κ1) is 25.3. The summed E-state index contributed by atoms with van der Waals surface area (Å²) in [6.07, 6.45) is 1.50. The summed E-state index contributed by atoms with van der Waals surface area (Å²) >= 11 is 0. The van der Waals surface area contributed by atoms with Gasteiger partial charge in [-0.25, -0.2) is 22.3 Å². The van der Waals surface area contributed by atoms with E-state index in [0.717, 1.165) is 25.9 Å². The lowest BCUT2D eigenvalue weighted by atomic mass is 10.1. The molecular formula is C24H27FN6O4S. The smallest absolute Gasteiger partial charge is 0.328 e. The van der Waals surface area contributed by atoms with E-state index in [4.69, 9.17) is 0 Å². The number of aromatic nitrogens is 2. The summed E-state index contributed by atoms with van der Waals surface area (Å²) < 4.78 is 41.8. The lowest BCUT2D eigenvalue weighted by Gasteiger charge is -2.29. The maximum absolute atomic E-state index is 13.2. The van der Waals surface area contributed by atoms with Gasteiger partial charge in [0.2, 0.25) is 0 Å². The number of nitrogens with one attached hydrogen (secondary N) is 3. The zero-order chi connectivity index (χ0) is 25.9. The van der Waals surface area contributed by atoms with Crippen molar-refractivity contribution in [2.45, 2.75) is 23.8 Å². The molecule has 0 radical (unpaired) electrons. The van der Waals surface area contributed by atoms with Crippen LogP contribution in [-0.4, -0.2) is 61.2 Å². The van der Waals surface area contributed by atoms with Gasteiger partial charge in [0.25, 0.3) is 15.9 Å². The highest BCUT2D eigenvalue weighted by molar-refractivity contribution is 7.90. The molecule has 3 N–H and O–H groups in total. The van der Waals surface area contributed by atoms with E-state index >= 15 is 0 Å². The molecule has 0 atom stereocenters. The van der Waals surface area contributed by atoms with Crippen LogP contribution >= 0.6 is 0 Å². The van der Waals surface area contributed by atoms with Gasteiger partial charge in [0, 0.05) is 24.3 Å². The van der Waals surface area contributed by atoms with Gasteiger partial charge in [-0.1, -0.05) is 0 Å². The minimum atomic E-state index is -4.08. The van der Waals surface area contributed by atoms with Gasteiger partial charge < -0.3 is 15.5 Å². The van der Waals surface area contributed by atoms with Gasteiger partial charge in [0.15, 0.2) is 0 Å². The van der Waals surface area contributed by atoms with Gasteiger partial charge in [0.05, 0.1) is 10.6 Å². The normalized spacial score (nSPS) is 14.9. The van der Waals surface area contributed by atoms with Gasteiger partial charge in [-0.15, -0.1) is 0 Å². The number of amides is 3. The first-order chi connectivity index (χ1) is 17.1. The third-order valence-electron chi connectivity index (χ3n) is 5.96. The van der Waals surface area contributed by atoms with Crippen molar-refractivity contribution < 1.29 is 22.4 Å². The van der Waals surface area contributed by atoms with Crippen molar-refractivity contribution in [1.82, 2.24) is 24.7 Å². The highest BCUT2D eigenvalue weighted by Crippen LogP contribution is 2.21. The van der Waals surface area contributed by atoms with Crippen molar-refractivity contribution in [3.8, 4) is 11.3 Å². The van der Waals surface area contributed by atoms with Gasteiger partial charge in [-0.3, -0.25) is 9.48 Å². The second-order valence-corrected chi connectivity index (χ2v) is 10.4. The van der Waals surface area contributed by atoms with Crippen molar-refractivity contribution in [2.75, 3.05) is 25.5 Å². The van der Waals surface area contributed by atoms with Gasteiger partial charge in [-0.05, 0) is 87.6 Å². The minimum absolute atomic E-state index is 0.0791. The van der Waals surface area contributed by atoms with Crippen LogP contribution in [0.25, 0.3) is 11.3 Å². The number of carbonyl (C=O) groups excluding carboxylic acids is 2. The predicted molar refractivity (Wildman–Crippen MR) is 132 cm³/mol. The number of halogens is 1. The summed E-state index contributed by atoms with van der Waals surface area (Å²) in [6, 6.07) is 12.0. The molecule has 3 amide bonds. The average Bonchev–Trinajstić information content (AvgIpc) is 3.22.